The molecule has 0 spiro atoms. The number of aryl methyl sites for hydroxylation is 1. The molecule has 0 bridgehead atoms. The zero-order chi connectivity index (χ0) is 60.5. The first kappa shape index (κ1) is 66.1. The molecule has 2 aromatic rings. The van der Waals surface area contributed by atoms with Crippen molar-refractivity contribution in [2.24, 2.45) is 22.7 Å². The minimum atomic E-state index is -1.24. The fourth-order valence-corrected chi connectivity index (χ4v) is 12.1. The number of hydrogen-bond acceptors (Lipinski definition) is 15. The van der Waals surface area contributed by atoms with E-state index in [2.05, 4.69) is 25.8 Å². The van der Waals surface area contributed by atoms with Crippen molar-refractivity contribution in [1.82, 2.24) is 55.0 Å². The van der Waals surface area contributed by atoms with E-state index in [1.165, 1.54) is 21.1 Å². The van der Waals surface area contributed by atoms with Gasteiger partial charge in [0.2, 0.25) is 41.4 Å². The summed E-state index contributed by atoms with van der Waals surface area (Å²) in [6.07, 6.45) is 2.76. The van der Waals surface area contributed by atoms with Crippen molar-refractivity contribution in [3.63, 3.8) is 0 Å². The number of carboxylic acids is 2. The lowest BCUT2D eigenvalue weighted by atomic mass is 9.89. The van der Waals surface area contributed by atoms with Gasteiger partial charge in [-0.15, -0.1) is 16.9 Å². The number of likely N-dealkylation sites (N-methyl/N-ethyl adjacent to an activating group) is 1. The van der Waals surface area contributed by atoms with Gasteiger partial charge in [0.25, 0.3) is 0 Å². The molecule has 0 aliphatic carbocycles. The molecule has 5 rings (SSSR count). The monoisotopic (exact) mass is 1170 g/mol. The quantitative estimate of drug-likeness (QED) is 0.0513. The van der Waals surface area contributed by atoms with Gasteiger partial charge in [-0.2, -0.15) is 0 Å². The number of amides is 7. The van der Waals surface area contributed by atoms with Crippen LogP contribution in [0.25, 0.3) is 0 Å². The molecule has 25 nitrogen and oxygen atoms in total. The van der Waals surface area contributed by atoms with E-state index in [-0.39, 0.29) is 67.5 Å². The van der Waals surface area contributed by atoms with Crippen molar-refractivity contribution in [3.05, 3.63) is 47.8 Å². The highest BCUT2D eigenvalue weighted by molar-refractivity contribution is 8.00. The van der Waals surface area contributed by atoms with Crippen molar-refractivity contribution in [3.8, 4) is 0 Å². The number of methoxy groups -OCH3 is 2. The van der Waals surface area contributed by atoms with Crippen LogP contribution in [-0.2, 0) is 72.1 Å². The second kappa shape index (κ2) is 31.1. The molecule has 0 radical (unpaired) electrons. The molecule has 3 fully saturated rings. The van der Waals surface area contributed by atoms with Gasteiger partial charge in [0.1, 0.15) is 23.8 Å². The van der Waals surface area contributed by atoms with Crippen molar-refractivity contribution >= 4 is 71.0 Å². The number of aliphatic carboxylic acids is 2. The van der Waals surface area contributed by atoms with E-state index in [4.69, 9.17) is 14.5 Å². The molecule has 4 N–H and O–H groups in total. The van der Waals surface area contributed by atoms with E-state index in [0.717, 1.165) is 22.2 Å². The minimum absolute atomic E-state index is 0.0375. The molecule has 3 saturated heterocycles. The Kier molecular flexibility index (Phi) is 25.1. The highest BCUT2D eigenvalue weighted by atomic mass is 32.2. The minimum Gasteiger partial charge on any atom is -0.480 e. The standard InChI is InChI=1S/C56H86N12O13S/c1-12-35(4)49(43(80-10)29-46(71)67-23-16-20-42(67)50(81-11)36(5)51(73)58-40(54(76)77)28-38-18-14-13-15-19-38)63(9)53(75)48(34(2)3)59-56(62(7)8)65-26-24-64(25-27-65)45(70)21-17-22-66-31-39(60-61-66)32-68-47(72)30-44(52(68)74)82-33-41(55(78)79)57-37(6)69/h13-15,18-19,31,34-36,40-44,48-50H,12,16-17,20-30,32-33H2,1-11H3,(H,57,69)(H,58,73)(H,76,77)(H,78,79)/b59-56+/t35-,36+,40-,41-,42-,43-,44?,48-,49-,50+/m0/s1. The summed E-state index contributed by atoms with van der Waals surface area (Å²) < 4.78 is 13.6. The number of guanidine groups is 1. The van der Waals surface area contributed by atoms with E-state index in [9.17, 15) is 53.4 Å². The molecule has 1 aromatic carbocycles. The molecule has 26 heteroatoms. The van der Waals surface area contributed by atoms with Crippen molar-refractivity contribution in [2.75, 3.05) is 73.8 Å². The number of likely N-dealkylation sites (tertiary alicyclic amines) is 2. The summed E-state index contributed by atoms with van der Waals surface area (Å²) in [5, 5.41) is 31.9. The Morgan fingerprint density at radius 1 is 0.878 bits per heavy atom. The number of carbonyl (C=O) groups excluding carboxylic acids is 7. The van der Waals surface area contributed by atoms with E-state index in [1.807, 2.05) is 64.9 Å². The Hall–Kier alpha value is -6.67. The summed E-state index contributed by atoms with van der Waals surface area (Å²) in [5.41, 5.74) is 1.14. The van der Waals surface area contributed by atoms with Gasteiger partial charge < -0.3 is 54.8 Å². The van der Waals surface area contributed by atoms with Gasteiger partial charge in [0.05, 0.1) is 54.6 Å². The van der Waals surface area contributed by atoms with E-state index in [1.54, 1.807) is 51.7 Å². The maximum absolute atomic E-state index is 14.9. The van der Waals surface area contributed by atoms with Crippen molar-refractivity contribution in [1.29, 1.82) is 0 Å². The summed E-state index contributed by atoms with van der Waals surface area (Å²) in [7, 11) is 8.49. The summed E-state index contributed by atoms with van der Waals surface area (Å²) in [6, 6.07) is 4.90. The van der Waals surface area contributed by atoms with Crippen LogP contribution in [-0.4, -0.2) is 235 Å². The number of carbonyl (C=O) groups is 9. The van der Waals surface area contributed by atoms with Crippen LogP contribution in [0.2, 0.25) is 0 Å². The van der Waals surface area contributed by atoms with Gasteiger partial charge in [0, 0.05) is 107 Å². The first-order valence-corrected chi connectivity index (χ1v) is 29.3. The van der Waals surface area contributed by atoms with Gasteiger partial charge in [-0.3, -0.25) is 43.1 Å². The lowest BCUT2D eigenvalue weighted by molar-refractivity contribution is -0.147. The van der Waals surface area contributed by atoms with E-state index < -0.39 is 89.2 Å². The molecule has 3 aliphatic rings. The highest BCUT2D eigenvalue weighted by Gasteiger charge is 2.44. The lowest BCUT2D eigenvalue weighted by Gasteiger charge is -2.41. The predicted molar refractivity (Wildman–Crippen MR) is 305 cm³/mol. The largest absolute Gasteiger partial charge is 0.480 e. The van der Waals surface area contributed by atoms with Crippen LogP contribution in [0.4, 0.5) is 0 Å². The average Bonchev–Trinajstić information content (AvgIpc) is 4.26. The van der Waals surface area contributed by atoms with Crippen LogP contribution in [0.5, 0.6) is 0 Å². The topological polar surface area (TPSA) is 299 Å². The van der Waals surface area contributed by atoms with E-state index >= 15 is 0 Å². The predicted octanol–water partition coefficient (Wildman–Crippen LogP) is 1.83. The normalized spacial score (nSPS) is 19.7. The van der Waals surface area contributed by atoms with Crippen LogP contribution >= 0.6 is 11.8 Å². The number of thioether (sulfide) groups is 1. The number of nitrogens with zero attached hydrogens (tertiary/aromatic N) is 10. The molecule has 3 aliphatic heterocycles. The maximum Gasteiger partial charge on any atom is 0.327 e. The van der Waals surface area contributed by atoms with Crippen LogP contribution in [0.15, 0.2) is 41.5 Å². The van der Waals surface area contributed by atoms with Crippen molar-refractivity contribution in [2.45, 2.75) is 154 Å². The fraction of sp³-hybridized carbons (Fsp3) is 0.679. The number of aliphatic imine (C=N–C) groups is 1. The molecule has 10 atom stereocenters. The number of ether oxygens (including phenoxy) is 2. The number of piperazine rings is 1. The van der Waals surface area contributed by atoms with E-state index in [0.29, 0.717) is 76.6 Å². The third-order valence-electron chi connectivity index (χ3n) is 15.6. The molecule has 82 heavy (non-hydrogen) atoms. The number of carboxylic acid groups (broad SMARTS) is 2. The number of benzene rings is 1. The summed E-state index contributed by atoms with van der Waals surface area (Å²) >= 11 is 0.998. The number of imide groups is 1. The van der Waals surface area contributed by atoms with Crippen LogP contribution in [0, 0.1) is 17.8 Å². The molecule has 0 saturated carbocycles. The molecule has 1 aromatic heterocycles. The Bertz CT molecular complexity index is 2560. The van der Waals surface area contributed by atoms with Gasteiger partial charge in [-0.25, -0.2) is 14.6 Å². The van der Waals surface area contributed by atoms with Crippen LogP contribution in [0.1, 0.15) is 97.7 Å². The molecular formula is C56H86N12O13S. The number of aromatic nitrogens is 3. The second-order valence-corrected chi connectivity index (χ2v) is 23.3. The number of nitrogens with one attached hydrogen (secondary N) is 2. The first-order valence-electron chi connectivity index (χ1n) is 28.2. The Morgan fingerprint density at radius 3 is 2.12 bits per heavy atom. The van der Waals surface area contributed by atoms with Crippen LogP contribution < -0.4 is 10.6 Å². The fourth-order valence-electron chi connectivity index (χ4n) is 10.9. The molecule has 1 unspecified atom stereocenters. The summed E-state index contributed by atoms with van der Waals surface area (Å²) in [5.74, 6) is -5.39. The molecule has 454 valence electrons. The third kappa shape index (κ3) is 17.7. The molecule has 4 heterocycles. The molecular weight excluding hydrogens is 1080 g/mol. The Morgan fingerprint density at radius 2 is 1.54 bits per heavy atom. The molecule has 7 amide bonds. The zero-order valence-corrected chi connectivity index (χ0v) is 50.2. The third-order valence-corrected chi connectivity index (χ3v) is 16.9. The van der Waals surface area contributed by atoms with Gasteiger partial charge in [0.15, 0.2) is 5.96 Å². The SMILES string of the molecule is CC[C@H](C)[C@@H]([C@H](CC(=O)N1CCC[C@H]1[C@H](OC)[C@@H](C)C(=O)N[C@@H](Cc1ccccc1)C(=O)O)OC)N(C)C(=O)[C@@H](/N=C(\N(C)C)N1CCN(C(=O)CCCn2cc(CN3C(=O)CC(SC[C@H](NC(C)=O)C(=O)O)C3=O)nn2)CC1)C(C)C. The van der Waals surface area contributed by atoms with Gasteiger partial charge >= 0.3 is 11.9 Å². The van der Waals surface area contributed by atoms with Crippen LogP contribution in [0.3, 0.4) is 0 Å². The van der Waals surface area contributed by atoms with Gasteiger partial charge in [-0.1, -0.05) is 76.6 Å². The highest BCUT2D eigenvalue weighted by Crippen LogP contribution is 2.31. The number of rotatable bonds is 29. The maximum atomic E-state index is 14.9. The van der Waals surface area contributed by atoms with Crippen molar-refractivity contribution < 1.29 is 62.8 Å². The Balaban J connectivity index is 1.16. The summed E-state index contributed by atoms with van der Waals surface area (Å²) in [4.78, 5) is 133. The zero-order valence-electron chi connectivity index (χ0n) is 49.4. The smallest absolute Gasteiger partial charge is 0.327 e. The van der Waals surface area contributed by atoms with Gasteiger partial charge in [-0.05, 0) is 36.7 Å². The average molecular weight is 1170 g/mol. The summed E-state index contributed by atoms with van der Waals surface area (Å²) in [6.45, 7) is 13.3. The number of hydrogen-bond donors (Lipinski definition) is 4. The second-order valence-electron chi connectivity index (χ2n) is 22.1. The lowest BCUT2D eigenvalue weighted by Crippen LogP contribution is -2.56. The first-order chi connectivity index (χ1) is 38.9. The Labute approximate surface area is 485 Å².